The number of benzene rings is 2. The molecule has 0 aliphatic rings. The lowest BCUT2D eigenvalue weighted by atomic mass is 10.1. The van der Waals surface area contributed by atoms with Crippen LogP contribution in [0.15, 0.2) is 59.1 Å². The fraction of sp³-hybridized carbons (Fsp3) is 0.118. The Morgan fingerprint density at radius 3 is 2.39 bits per heavy atom. The molecule has 0 amide bonds. The van der Waals surface area contributed by atoms with E-state index in [1.54, 1.807) is 0 Å². The van der Waals surface area contributed by atoms with Gasteiger partial charge in [-0.3, -0.25) is 0 Å². The van der Waals surface area contributed by atoms with E-state index < -0.39 is 11.7 Å². The molecule has 0 bridgehead atoms. The number of ether oxygens (including phenoxy) is 1. The summed E-state index contributed by atoms with van der Waals surface area (Å²) in [4.78, 5) is 4.16. The third-order valence-corrected chi connectivity index (χ3v) is 3.97. The van der Waals surface area contributed by atoms with Crippen molar-refractivity contribution >= 4 is 26.8 Å². The number of fused-ring (bicyclic) bond motifs is 1. The van der Waals surface area contributed by atoms with Crippen LogP contribution in [0.1, 0.15) is 11.1 Å². The van der Waals surface area contributed by atoms with Gasteiger partial charge in [-0.15, -0.1) is 0 Å². The molecular formula is C17H11BrF3NO. The number of aromatic nitrogens is 1. The van der Waals surface area contributed by atoms with Crippen molar-refractivity contribution in [3.05, 3.63) is 70.2 Å². The predicted molar refractivity (Wildman–Crippen MR) is 85.2 cm³/mol. The molecule has 0 N–H and O–H groups in total. The summed E-state index contributed by atoms with van der Waals surface area (Å²) in [6.07, 6.45) is -4.45. The van der Waals surface area contributed by atoms with Crippen molar-refractivity contribution in [2.45, 2.75) is 12.8 Å². The molecule has 0 saturated carbocycles. The van der Waals surface area contributed by atoms with Crippen LogP contribution < -0.4 is 4.74 Å². The molecule has 118 valence electrons. The Balaban J connectivity index is 1.92. The lowest BCUT2D eigenvalue weighted by Crippen LogP contribution is -2.07. The van der Waals surface area contributed by atoms with E-state index in [1.807, 2.05) is 30.3 Å². The van der Waals surface area contributed by atoms with E-state index in [0.717, 1.165) is 5.56 Å². The van der Waals surface area contributed by atoms with Crippen LogP contribution in [0.3, 0.4) is 0 Å². The number of rotatable bonds is 3. The zero-order valence-corrected chi connectivity index (χ0v) is 13.4. The normalized spacial score (nSPS) is 11.7. The molecule has 0 spiro atoms. The van der Waals surface area contributed by atoms with Gasteiger partial charge in [0.1, 0.15) is 6.61 Å². The molecule has 3 aromatic rings. The first kappa shape index (κ1) is 15.8. The van der Waals surface area contributed by atoms with Gasteiger partial charge in [-0.1, -0.05) is 46.3 Å². The number of halogens is 4. The number of hydrogen-bond donors (Lipinski definition) is 0. The van der Waals surface area contributed by atoms with Crippen molar-refractivity contribution in [1.29, 1.82) is 0 Å². The first-order chi connectivity index (χ1) is 10.9. The molecule has 0 unspecified atom stereocenters. The van der Waals surface area contributed by atoms with Gasteiger partial charge >= 0.3 is 6.18 Å². The van der Waals surface area contributed by atoms with E-state index in [2.05, 4.69) is 20.9 Å². The molecule has 1 heterocycles. The van der Waals surface area contributed by atoms with E-state index in [9.17, 15) is 13.2 Å². The number of alkyl halides is 3. The van der Waals surface area contributed by atoms with Crippen LogP contribution in [-0.4, -0.2) is 4.98 Å². The highest BCUT2D eigenvalue weighted by molar-refractivity contribution is 9.10. The Morgan fingerprint density at radius 2 is 1.70 bits per heavy atom. The fourth-order valence-corrected chi connectivity index (χ4v) is 2.83. The monoisotopic (exact) mass is 381 g/mol. The highest BCUT2D eigenvalue weighted by Crippen LogP contribution is 2.39. The molecular weight excluding hydrogens is 371 g/mol. The average Bonchev–Trinajstić information content (AvgIpc) is 2.52. The summed E-state index contributed by atoms with van der Waals surface area (Å²) in [7, 11) is 0. The second-order valence-corrected chi connectivity index (χ2v) is 5.76. The molecule has 0 aliphatic heterocycles. The minimum atomic E-state index is -4.45. The summed E-state index contributed by atoms with van der Waals surface area (Å²) in [6.45, 7) is 0.308. The topological polar surface area (TPSA) is 22.1 Å². The maximum absolute atomic E-state index is 13.2. The lowest BCUT2D eigenvalue weighted by Gasteiger charge is -2.13. The molecule has 3 rings (SSSR count). The molecule has 2 nitrogen and oxygen atoms in total. The smallest absolute Gasteiger partial charge is 0.418 e. The van der Waals surface area contributed by atoms with Gasteiger partial charge in [0.05, 0.1) is 11.1 Å². The van der Waals surface area contributed by atoms with Crippen molar-refractivity contribution in [2.75, 3.05) is 0 Å². The standard InChI is InChI=1S/C17H11BrF3NO/c18-13-7-8-14-12(16(13)17(19,20)21)6-9-15(22-14)23-10-11-4-2-1-3-5-11/h1-9H,10H2. The third-order valence-electron chi connectivity index (χ3n) is 3.31. The van der Waals surface area contributed by atoms with Crippen LogP contribution >= 0.6 is 15.9 Å². The van der Waals surface area contributed by atoms with Gasteiger partial charge in [0.15, 0.2) is 0 Å². The van der Waals surface area contributed by atoms with Gasteiger partial charge < -0.3 is 4.74 Å². The largest absolute Gasteiger partial charge is 0.473 e. The minimum Gasteiger partial charge on any atom is -0.473 e. The summed E-state index contributed by atoms with van der Waals surface area (Å²) < 4.78 is 45.0. The molecule has 6 heteroatoms. The van der Waals surface area contributed by atoms with E-state index in [4.69, 9.17) is 4.74 Å². The van der Waals surface area contributed by atoms with E-state index in [1.165, 1.54) is 24.3 Å². The van der Waals surface area contributed by atoms with Crippen molar-refractivity contribution in [3.63, 3.8) is 0 Å². The molecule has 0 atom stereocenters. The molecule has 23 heavy (non-hydrogen) atoms. The predicted octanol–water partition coefficient (Wildman–Crippen LogP) is 5.60. The summed E-state index contributed by atoms with van der Waals surface area (Å²) in [5, 5.41) is 0.0407. The number of pyridine rings is 1. The molecule has 0 fully saturated rings. The maximum Gasteiger partial charge on any atom is 0.418 e. The first-order valence-electron chi connectivity index (χ1n) is 6.78. The molecule has 1 aromatic heterocycles. The summed E-state index contributed by atoms with van der Waals surface area (Å²) >= 11 is 2.95. The van der Waals surface area contributed by atoms with Crippen molar-refractivity contribution in [2.24, 2.45) is 0 Å². The van der Waals surface area contributed by atoms with Crippen molar-refractivity contribution < 1.29 is 17.9 Å². The van der Waals surface area contributed by atoms with Crippen LogP contribution in [0.4, 0.5) is 13.2 Å². The zero-order chi connectivity index (χ0) is 16.4. The number of nitrogens with zero attached hydrogens (tertiary/aromatic N) is 1. The van der Waals surface area contributed by atoms with Gasteiger partial charge in [-0.2, -0.15) is 13.2 Å². The van der Waals surface area contributed by atoms with E-state index in [0.29, 0.717) is 6.61 Å². The van der Waals surface area contributed by atoms with Gasteiger partial charge in [0.2, 0.25) is 5.88 Å². The minimum absolute atomic E-state index is 0.00254. The summed E-state index contributed by atoms with van der Waals surface area (Å²) in [6, 6.07) is 15.2. The second kappa shape index (κ2) is 6.20. The van der Waals surface area contributed by atoms with E-state index >= 15 is 0 Å². The van der Waals surface area contributed by atoms with Crippen LogP contribution in [0.2, 0.25) is 0 Å². The Hall–Kier alpha value is -2.08. The maximum atomic E-state index is 13.2. The molecule has 0 saturated heterocycles. The lowest BCUT2D eigenvalue weighted by molar-refractivity contribution is -0.136. The average molecular weight is 382 g/mol. The van der Waals surface area contributed by atoms with Gasteiger partial charge in [-0.05, 0) is 23.8 Å². The van der Waals surface area contributed by atoms with Gasteiger partial charge in [0, 0.05) is 15.9 Å². The summed E-state index contributed by atoms with van der Waals surface area (Å²) in [5.74, 6) is 0.289. The Bertz CT molecular complexity index is 834. The molecule has 0 radical (unpaired) electrons. The van der Waals surface area contributed by atoms with Crippen LogP contribution in [0, 0.1) is 0 Å². The van der Waals surface area contributed by atoms with Crippen LogP contribution in [0.5, 0.6) is 5.88 Å². The summed E-state index contributed by atoms with van der Waals surface area (Å²) in [5.41, 5.74) is 0.476. The number of hydrogen-bond acceptors (Lipinski definition) is 2. The third kappa shape index (κ3) is 3.47. The van der Waals surface area contributed by atoms with Crippen molar-refractivity contribution in [1.82, 2.24) is 4.98 Å². The molecule has 0 aliphatic carbocycles. The quantitative estimate of drug-likeness (QED) is 0.589. The highest BCUT2D eigenvalue weighted by Gasteiger charge is 2.35. The van der Waals surface area contributed by atoms with Crippen LogP contribution in [0.25, 0.3) is 10.9 Å². The fourth-order valence-electron chi connectivity index (χ4n) is 2.26. The van der Waals surface area contributed by atoms with Gasteiger partial charge in [0.25, 0.3) is 0 Å². The SMILES string of the molecule is FC(F)(F)c1c(Br)ccc2nc(OCc3ccccc3)ccc12. The Kier molecular flexibility index (Phi) is 4.26. The first-order valence-corrected chi connectivity index (χ1v) is 7.57. The van der Waals surface area contributed by atoms with E-state index in [-0.39, 0.29) is 21.3 Å². The zero-order valence-electron chi connectivity index (χ0n) is 11.8. The van der Waals surface area contributed by atoms with Crippen molar-refractivity contribution in [3.8, 4) is 5.88 Å². The van der Waals surface area contributed by atoms with Gasteiger partial charge in [-0.25, -0.2) is 4.98 Å². The molecule has 2 aromatic carbocycles. The second-order valence-electron chi connectivity index (χ2n) is 4.91. The Morgan fingerprint density at radius 1 is 0.957 bits per heavy atom. The highest BCUT2D eigenvalue weighted by atomic mass is 79.9. The Labute approximate surface area is 139 Å². The van der Waals surface area contributed by atoms with Crippen LogP contribution in [-0.2, 0) is 12.8 Å².